The van der Waals surface area contributed by atoms with Gasteiger partial charge >= 0.3 is 11.9 Å². The molecule has 2 N–H and O–H groups in total. The number of rotatable bonds is 10. The predicted molar refractivity (Wildman–Crippen MR) is 152 cm³/mol. The maximum absolute atomic E-state index is 15.6. The minimum absolute atomic E-state index is 0.00409. The summed E-state index contributed by atoms with van der Waals surface area (Å²) in [5, 5.41) is 15.9. The number of nitrogens with zero attached hydrogens (tertiary/aromatic N) is 4. The fourth-order valence-corrected chi connectivity index (χ4v) is 6.29. The number of likely N-dealkylation sites (tertiary alicyclic amines) is 1. The van der Waals surface area contributed by atoms with E-state index in [1.807, 2.05) is 0 Å². The van der Waals surface area contributed by atoms with Crippen LogP contribution >= 0.6 is 11.3 Å². The molecule has 3 aliphatic rings. The number of aromatic nitrogens is 1. The van der Waals surface area contributed by atoms with Crippen molar-refractivity contribution >= 4 is 29.1 Å². The molecule has 1 aromatic carbocycles. The van der Waals surface area contributed by atoms with Crippen LogP contribution in [0, 0.1) is 24.0 Å². The van der Waals surface area contributed by atoms with Crippen LogP contribution in [0.3, 0.4) is 0 Å². The first-order valence-electron chi connectivity index (χ1n) is 14.1. The van der Waals surface area contributed by atoms with Crippen molar-refractivity contribution in [2.24, 2.45) is 10.4 Å². The van der Waals surface area contributed by atoms with Crippen molar-refractivity contribution in [3.05, 3.63) is 62.7 Å². The Hall–Kier alpha value is -3.40. The number of ether oxygens (including phenoxy) is 1. The SMILES string of the molecule is CCOC(=O)C1=C(CN2CC(F)(F)[C@H]3[C@@H]2CON3CCC(C)(C)C(=O)O)NC(c2nccs2)=NC1c1ccc(F)c(F)c1C. The van der Waals surface area contributed by atoms with Crippen molar-refractivity contribution < 1.29 is 41.8 Å². The van der Waals surface area contributed by atoms with E-state index in [0.29, 0.717) is 5.01 Å². The van der Waals surface area contributed by atoms with Crippen LogP contribution in [-0.4, -0.2) is 88.7 Å². The molecule has 0 amide bonds. The number of alkyl halides is 2. The highest BCUT2D eigenvalue weighted by atomic mass is 32.1. The maximum Gasteiger partial charge on any atom is 0.338 e. The van der Waals surface area contributed by atoms with Gasteiger partial charge in [-0.25, -0.2) is 27.3 Å². The molecule has 0 saturated carbocycles. The Morgan fingerprint density at radius 1 is 1.30 bits per heavy atom. The Balaban J connectivity index is 1.52. The van der Waals surface area contributed by atoms with Gasteiger partial charge in [-0.1, -0.05) is 6.07 Å². The van der Waals surface area contributed by atoms with E-state index < -0.39 is 59.6 Å². The van der Waals surface area contributed by atoms with Gasteiger partial charge in [0.15, 0.2) is 22.5 Å². The molecule has 3 atom stereocenters. The van der Waals surface area contributed by atoms with E-state index in [1.165, 1.54) is 48.1 Å². The number of fused-ring (bicyclic) bond motifs is 1. The van der Waals surface area contributed by atoms with E-state index >= 15 is 8.78 Å². The number of thiazole rings is 1. The zero-order valence-electron chi connectivity index (χ0n) is 24.6. The summed E-state index contributed by atoms with van der Waals surface area (Å²) in [6.45, 7) is 5.10. The van der Waals surface area contributed by atoms with Gasteiger partial charge in [0.1, 0.15) is 12.1 Å². The van der Waals surface area contributed by atoms with Gasteiger partial charge in [0.05, 0.1) is 36.8 Å². The second-order valence-electron chi connectivity index (χ2n) is 11.6. The Kier molecular flexibility index (Phi) is 8.86. The molecule has 2 aromatic rings. The molecule has 10 nitrogen and oxygen atoms in total. The predicted octanol–water partition coefficient (Wildman–Crippen LogP) is 4.07. The summed E-state index contributed by atoms with van der Waals surface area (Å²) in [5.41, 5.74) is -0.802. The third-order valence-electron chi connectivity index (χ3n) is 8.23. The van der Waals surface area contributed by atoms with Crippen LogP contribution < -0.4 is 5.32 Å². The number of aliphatic carboxylic acids is 1. The number of carbonyl (C=O) groups is 2. The van der Waals surface area contributed by atoms with Gasteiger partial charge in [-0.05, 0) is 51.3 Å². The van der Waals surface area contributed by atoms with Crippen molar-refractivity contribution in [2.45, 2.75) is 58.2 Å². The number of esters is 1. The number of benzene rings is 1. The summed E-state index contributed by atoms with van der Waals surface area (Å²) >= 11 is 1.25. The first-order valence-corrected chi connectivity index (χ1v) is 15.0. The fraction of sp³-hybridized carbons (Fsp3) is 0.517. The normalized spacial score (nSPS) is 23.8. The van der Waals surface area contributed by atoms with Crippen LogP contribution in [0.4, 0.5) is 17.6 Å². The van der Waals surface area contributed by atoms with E-state index in [-0.39, 0.29) is 61.0 Å². The molecule has 0 radical (unpaired) electrons. The number of hydroxylamine groups is 2. The lowest BCUT2D eigenvalue weighted by Gasteiger charge is -2.31. The number of nitrogens with one attached hydrogen (secondary N) is 1. The average Bonchev–Trinajstić information content (AvgIpc) is 3.70. The zero-order chi connectivity index (χ0) is 32.0. The van der Waals surface area contributed by atoms with Gasteiger partial charge in [0.2, 0.25) is 0 Å². The van der Waals surface area contributed by atoms with Crippen molar-refractivity contribution in [3.63, 3.8) is 0 Å². The molecule has 0 bridgehead atoms. The summed E-state index contributed by atoms with van der Waals surface area (Å²) in [6.07, 6.45) is 1.64. The lowest BCUT2D eigenvalue weighted by Crippen LogP contribution is -2.46. The number of amidine groups is 1. The van der Waals surface area contributed by atoms with Gasteiger partial charge in [0, 0.05) is 30.4 Å². The Morgan fingerprint density at radius 2 is 2.05 bits per heavy atom. The minimum atomic E-state index is -3.23. The summed E-state index contributed by atoms with van der Waals surface area (Å²) < 4.78 is 65.3. The van der Waals surface area contributed by atoms with Crippen LogP contribution in [-0.2, 0) is 19.2 Å². The van der Waals surface area contributed by atoms with Gasteiger partial charge in [-0.3, -0.25) is 19.5 Å². The van der Waals surface area contributed by atoms with Gasteiger partial charge in [-0.15, -0.1) is 11.3 Å². The van der Waals surface area contributed by atoms with Gasteiger partial charge in [0.25, 0.3) is 5.92 Å². The van der Waals surface area contributed by atoms with E-state index in [4.69, 9.17) is 9.57 Å². The number of aliphatic imine (C=N–C) groups is 1. The topological polar surface area (TPSA) is 117 Å². The van der Waals surface area contributed by atoms with E-state index in [2.05, 4.69) is 15.3 Å². The van der Waals surface area contributed by atoms with Gasteiger partial charge < -0.3 is 15.2 Å². The van der Waals surface area contributed by atoms with Crippen LogP contribution in [0.25, 0.3) is 0 Å². The summed E-state index contributed by atoms with van der Waals surface area (Å²) in [7, 11) is 0. The van der Waals surface area contributed by atoms with Crippen LogP contribution in [0.1, 0.15) is 49.4 Å². The number of halogens is 4. The average molecular weight is 640 g/mol. The molecule has 238 valence electrons. The van der Waals surface area contributed by atoms with Crippen LogP contribution in [0.15, 0.2) is 40.0 Å². The van der Waals surface area contributed by atoms with Gasteiger partial charge in [-0.2, -0.15) is 5.06 Å². The third kappa shape index (κ3) is 5.97. The monoisotopic (exact) mass is 639 g/mol. The summed E-state index contributed by atoms with van der Waals surface area (Å²) in [6, 6.07) is -0.999. The second-order valence-corrected chi connectivity index (χ2v) is 12.5. The highest BCUT2D eigenvalue weighted by molar-refractivity contribution is 7.11. The summed E-state index contributed by atoms with van der Waals surface area (Å²) in [4.78, 5) is 41.1. The van der Waals surface area contributed by atoms with Crippen molar-refractivity contribution in [3.8, 4) is 0 Å². The minimum Gasteiger partial charge on any atom is -0.481 e. The molecular weight excluding hydrogens is 606 g/mol. The Morgan fingerprint density at radius 3 is 2.70 bits per heavy atom. The fourth-order valence-electron chi connectivity index (χ4n) is 5.70. The third-order valence-corrected chi connectivity index (χ3v) is 9.01. The second kappa shape index (κ2) is 12.2. The van der Waals surface area contributed by atoms with E-state index in [9.17, 15) is 23.5 Å². The smallest absolute Gasteiger partial charge is 0.338 e. The number of carboxylic acid groups (broad SMARTS) is 1. The number of carboxylic acids is 1. The number of hydrogen-bond acceptors (Lipinski definition) is 10. The van der Waals surface area contributed by atoms with Crippen molar-refractivity contribution in [2.75, 3.05) is 32.8 Å². The largest absolute Gasteiger partial charge is 0.481 e. The quantitative estimate of drug-likeness (QED) is 0.293. The summed E-state index contributed by atoms with van der Waals surface area (Å²) in [5.74, 6) is -6.97. The molecule has 4 heterocycles. The Labute approximate surface area is 255 Å². The molecule has 0 aliphatic carbocycles. The molecule has 1 aromatic heterocycles. The molecular formula is C29H33F4N5O5S. The van der Waals surface area contributed by atoms with Crippen molar-refractivity contribution in [1.82, 2.24) is 20.3 Å². The van der Waals surface area contributed by atoms with E-state index in [0.717, 1.165) is 6.07 Å². The first kappa shape index (κ1) is 32.0. The molecule has 44 heavy (non-hydrogen) atoms. The highest BCUT2D eigenvalue weighted by Gasteiger charge is 2.61. The lowest BCUT2D eigenvalue weighted by atomic mass is 9.89. The number of hydrogen-bond donors (Lipinski definition) is 2. The molecule has 0 spiro atoms. The molecule has 5 rings (SSSR count). The Bertz CT molecular complexity index is 1500. The zero-order valence-corrected chi connectivity index (χ0v) is 25.4. The van der Waals surface area contributed by atoms with Crippen LogP contribution in [0.5, 0.6) is 0 Å². The van der Waals surface area contributed by atoms with Crippen molar-refractivity contribution in [1.29, 1.82) is 0 Å². The molecule has 15 heteroatoms. The lowest BCUT2D eigenvalue weighted by molar-refractivity contribution is -0.186. The molecule has 2 saturated heterocycles. The molecule has 1 unspecified atom stereocenters. The van der Waals surface area contributed by atoms with Crippen LogP contribution in [0.2, 0.25) is 0 Å². The standard InChI is InChI=1S/C29H33F4N5O5S/c1-5-42-26(39)20-18(12-37-14-29(32,33)23-19(37)13-43-38(23)10-8-28(3,4)27(40)41)35-24(25-34-9-11-44-25)36-22(20)16-6-7-17(30)21(31)15(16)2/h6-7,9,11,19,22-23H,5,8,10,12-14H2,1-4H3,(H,35,36)(H,40,41)/t19-,22?,23+/m0/s1. The maximum atomic E-state index is 15.6. The molecule has 3 aliphatic heterocycles. The number of carbonyl (C=O) groups excluding carboxylic acids is 1. The van der Waals surface area contributed by atoms with E-state index in [1.54, 1.807) is 18.5 Å². The first-order chi connectivity index (χ1) is 20.7. The highest BCUT2D eigenvalue weighted by Crippen LogP contribution is 2.42. The molecule has 2 fully saturated rings.